The minimum Gasteiger partial charge on any atom is -0.491 e. The highest BCUT2D eigenvalue weighted by Crippen LogP contribution is 2.46. The summed E-state index contributed by atoms with van der Waals surface area (Å²) in [5.74, 6) is 2.39. The second kappa shape index (κ2) is 6.83. The molecule has 1 aliphatic carbocycles. The van der Waals surface area contributed by atoms with Crippen molar-refractivity contribution in [3.63, 3.8) is 0 Å². The average molecular weight is 289 g/mol. The highest BCUT2D eigenvalue weighted by molar-refractivity contribution is 5.30. The molecule has 118 valence electrons. The standard InChI is InChI=1S/C19H31NO/c1-14(2)21-17-8-6-15(7-9-17)18-12-19(3,4)11-10-16(18)13-20-5/h6-9,14,16,18,20H,10-13H2,1-5H3. The number of nitrogens with one attached hydrogen (secondary N) is 1. The van der Waals surface area contributed by atoms with Crippen LogP contribution in [0, 0.1) is 11.3 Å². The Morgan fingerprint density at radius 2 is 1.90 bits per heavy atom. The van der Waals surface area contributed by atoms with E-state index in [1.54, 1.807) is 0 Å². The molecule has 2 atom stereocenters. The van der Waals surface area contributed by atoms with E-state index in [0.29, 0.717) is 11.3 Å². The molecule has 1 saturated carbocycles. The van der Waals surface area contributed by atoms with E-state index in [-0.39, 0.29) is 6.10 Å². The topological polar surface area (TPSA) is 21.3 Å². The van der Waals surface area contributed by atoms with Crippen LogP contribution >= 0.6 is 0 Å². The molecule has 0 saturated heterocycles. The summed E-state index contributed by atoms with van der Waals surface area (Å²) in [7, 11) is 2.07. The molecule has 1 aliphatic rings. The summed E-state index contributed by atoms with van der Waals surface area (Å²) in [4.78, 5) is 0. The van der Waals surface area contributed by atoms with Crippen LogP contribution in [0.5, 0.6) is 5.75 Å². The fraction of sp³-hybridized carbons (Fsp3) is 0.684. The third-order valence-corrected chi connectivity index (χ3v) is 4.68. The first-order chi connectivity index (χ1) is 9.91. The van der Waals surface area contributed by atoms with E-state index in [2.05, 4.69) is 64.3 Å². The molecule has 0 aromatic heterocycles. The fourth-order valence-corrected chi connectivity index (χ4v) is 3.60. The molecule has 2 nitrogen and oxygen atoms in total. The largest absolute Gasteiger partial charge is 0.491 e. The average Bonchev–Trinajstić information content (AvgIpc) is 2.41. The van der Waals surface area contributed by atoms with Crippen LogP contribution in [0.3, 0.4) is 0 Å². The molecule has 21 heavy (non-hydrogen) atoms. The normalized spacial score (nSPS) is 25.0. The molecule has 1 N–H and O–H groups in total. The molecule has 0 bridgehead atoms. The minimum absolute atomic E-state index is 0.238. The Bertz CT molecular complexity index is 435. The van der Waals surface area contributed by atoms with Crippen LogP contribution in [0.1, 0.15) is 58.4 Å². The molecule has 0 amide bonds. The first-order valence-electron chi connectivity index (χ1n) is 8.32. The summed E-state index contributed by atoms with van der Waals surface area (Å²) < 4.78 is 5.76. The van der Waals surface area contributed by atoms with Gasteiger partial charge in [-0.05, 0) is 81.6 Å². The Kier molecular flexibility index (Phi) is 5.32. The Balaban J connectivity index is 2.15. The smallest absolute Gasteiger partial charge is 0.119 e. The van der Waals surface area contributed by atoms with Crippen LogP contribution in [0.2, 0.25) is 0 Å². The van der Waals surface area contributed by atoms with Crippen molar-refractivity contribution in [2.45, 2.75) is 59.0 Å². The van der Waals surface area contributed by atoms with Crippen LogP contribution in [-0.4, -0.2) is 19.7 Å². The van der Waals surface area contributed by atoms with E-state index in [4.69, 9.17) is 4.74 Å². The second-order valence-electron chi connectivity index (χ2n) is 7.57. The van der Waals surface area contributed by atoms with Gasteiger partial charge in [0, 0.05) is 0 Å². The highest BCUT2D eigenvalue weighted by Gasteiger charge is 2.35. The van der Waals surface area contributed by atoms with Crippen molar-refractivity contribution in [1.29, 1.82) is 0 Å². The van der Waals surface area contributed by atoms with Crippen molar-refractivity contribution in [3.8, 4) is 5.75 Å². The van der Waals surface area contributed by atoms with Gasteiger partial charge in [0.1, 0.15) is 5.75 Å². The summed E-state index contributed by atoms with van der Waals surface area (Å²) in [6.07, 6.45) is 4.18. The molecule has 2 heteroatoms. The van der Waals surface area contributed by atoms with Crippen molar-refractivity contribution in [1.82, 2.24) is 5.32 Å². The number of hydrogen-bond donors (Lipinski definition) is 1. The number of rotatable bonds is 5. The zero-order valence-electron chi connectivity index (χ0n) is 14.3. The Morgan fingerprint density at radius 3 is 2.48 bits per heavy atom. The molecule has 0 aliphatic heterocycles. The quantitative estimate of drug-likeness (QED) is 0.855. The molecular formula is C19H31NO. The van der Waals surface area contributed by atoms with Gasteiger partial charge in [-0.2, -0.15) is 0 Å². The van der Waals surface area contributed by atoms with E-state index in [1.165, 1.54) is 24.8 Å². The maximum Gasteiger partial charge on any atom is 0.119 e. The van der Waals surface area contributed by atoms with Gasteiger partial charge in [-0.15, -0.1) is 0 Å². The van der Waals surface area contributed by atoms with Gasteiger partial charge in [-0.3, -0.25) is 0 Å². The summed E-state index contributed by atoms with van der Waals surface area (Å²) in [6.45, 7) is 10.1. The molecule has 0 spiro atoms. The van der Waals surface area contributed by atoms with Crippen molar-refractivity contribution < 1.29 is 4.74 Å². The van der Waals surface area contributed by atoms with E-state index in [0.717, 1.165) is 18.2 Å². The van der Waals surface area contributed by atoms with Gasteiger partial charge in [0.15, 0.2) is 0 Å². The number of benzene rings is 1. The molecule has 0 radical (unpaired) electrons. The first kappa shape index (κ1) is 16.4. The summed E-state index contributed by atoms with van der Waals surface area (Å²) in [5.41, 5.74) is 1.93. The predicted octanol–water partition coefficient (Wildman–Crippen LogP) is 4.60. The molecular weight excluding hydrogens is 258 g/mol. The molecule has 2 unspecified atom stereocenters. The van der Waals surface area contributed by atoms with Crippen molar-refractivity contribution in [3.05, 3.63) is 29.8 Å². The van der Waals surface area contributed by atoms with Gasteiger partial charge in [-0.1, -0.05) is 26.0 Å². The Morgan fingerprint density at radius 1 is 1.24 bits per heavy atom. The predicted molar refractivity (Wildman–Crippen MR) is 90.0 cm³/mol. The Labute approximate surface area is 130 Å². The number of ether oxygens (including phenoxy) is 1. The van der Waals surface area contributed by atoms with Gasteiger partial charge < -0.3 is 10.1 Å². The maximum atomic E-state index is 5.76. The van der Waals surface area contributed by atoms with E-state index >= 15 is 0 Å². The van der Waals surface area contributed by atoms with Gasteiger partial charge in [0.05, 0.1) is 6.10 Å². The highest BCUT2D eigenvalue weighted by atomic mass is 16.5. The zero-order valence-corrected chi connectivity index (χ0v) is 14.3. The molecule has 2 rings (SSSR count). The van der Waals surface area contributed by atoms with Crippen molar-refractivity contribution in [2.24, 2.45) is 11.3 Å². The second-order valence-corrected chi connectivity index (χ2v) is 7.57. The lowest BCUT2D eigenvalue weighted by Gasteiger charge is -2.41. The van der Waals surface area contributed by atoms with Crippen LogP contribution in [-0.2, 0) is 0 Å². The van der Waals surface area contributed by atoms with Crippen LogP contribution < -0.4 is 10.1 Å². The third-order valence-electron chi connectivity index (χ3n) is 4.68. The Hall–Kier alpha value is -1.02. The van der Waals surface area contributed by atoms with Gasteiger partial charge in [0.25, 0.3) is 0 Å². The van der Waals surface area contributed by atoms with Crippen LogP contribution in [0.4, 0.5) is 0 Å². The van der Waals surface area contributed by atoms with Crippen molar-refractivity contribution >= 4 is 0 Å². The van der Waals surface area contributed by atoms with Crippen LogP contribution in [0.25, 0.3) is 0 Å². The van der Waals surface area contributed by atoms with Crippen molar-refractivity contribution in [2.75, 3.05) is 13.6 Å². The zero-order chi connectivity index (χ0) is 15.5. The molecule has 1 fully saturated rings. The van der Waals surface area contributed by atoms with Gasteiger partial charge in [-0.25, -0.2) is 0 Å². The maximum absolute atomic E-state index is 5.76. The van der Waals surface area contributed by atoms with Gasteiger partial charge in [0.2, 0.25) is 0 Å². The molecule has 1 aromatic rings. The third kappa shape index (κ3) is 4.47. The summed E-state index contributed by atoms with van der Waals surface area (Å²) in [5, 5.41) is 3.38. The lowest BCUT2D eigenvalue weighted by atomic mass is 9.65. The fourth-order valence-electron chi connectivity index (χ4n) is 3.60. The summed E-state index contributed by atoms with van der Waals surface area (Å²) >= 11 is 0. The number of hydrogen-bond acceptors (Lipinski definition) is 2. The molecule has 1 aromatic carbocycles. The first-order valence-corrected chi connectivity index (χ1v) is 8.32. The minimum atomic E-state index is 0.238. The lowest BCUT2D eigenvalue weighted by molar-refractivity contribution is 0.161. The van der Waals surface area contributed by atoms with Gasteiger partial charge >= 0.3 is 0 Å². The van der Waals surface area contributed by atoms with E-state index in [9.17, 15) is 0 Å². The molecule has 0 heterocycles. The van der Waals surface area contributed by atoms with E-state index < -0.39 is 0 Å². The van der Waals surface area contributed by atoms with E-state index in [1.807, 2.05) is 0 Å². The monoisotopic (exact) mass is 289 g/mol. The van der Waals surface area contributed by atoms with Crippen LogP contribution in [0.15, 0.2) is 24.3 Å². The SMILES string of the molecule is CNCC1CCC(C)(C)CC1c1ccc(OC(C)C)cc1. The lowest BCUT2D eigenvalue weighted by Crippen LogP contribution is -2.33. The summed E-state index contributed by atoms with van der Waals surface area (Å²) in [6, 6.07) is 8.81.